The first-order chi connectivity index (χ1) is 10.1. The largest absolute Gasteiger partial charge is 0.490 e. The van der Waals surface area contributed by atoms with Crippen molar-refractivity contribution in [2.45, 2.75) is 20.3 Å². The lowest BCUT2D eigenvalue weighted by atomic mass is 10.2. The second-order valence-corrected chi connectivity index (χ2v) is 5.38. The van der Waals surface area contributed by atoms with Crippen LogP contribution in [-0.2, 0) is 4.79 Å². The van der Waals surface area contributed by atoms with Gasteiger partial charge in [-0.15, -0.1) is 11.3 Å². The fourth-order valence-electron chi connectivity index (χ4n) is 1.80. The molecule has 0 fully saturated rings. The van der Waals surface area contributed by atoms with Crippen molar-refractivity contribution < 1.29 is 14.6 Å². The maximum atomic E-state index is 10.8. The minimum absolute atomic E-state index is 0.255. The first kappa shape index (κ1) is 15.3. The van der Waals surface area contributed by atoms with E-state index in [1.54, 1.807) is 17.4 Å². The van der Waals surface area contributed by atoms with Crippen molar-refractivity contribution in [1.82, 2.24) is 4.98 Å². The lowest BCUT2D eigenvalue weighted by molar-refractivity contribution is -0.132. The van der Waals surface area contributed by atoms with Crippen LogP contribution < -0.4 is 4.74 Å². The third-order valence-electron chi connectivity index (χ3n) is 2.96. The number of thiazole rings is 1. The number of hydrogen-bond acceptors (Lipinski definition) is 4. The molecule has 0 amide bonds. The molecule has 110 valence electrons. The van der Waals surface area contributed by atoms with E-state index in [4.69, 9.17) is 9.84 Å². The fraction of sp³-hybridized carbons (Fsp3) is 0.250. The summed E-state index contributed by atoms with van der Waals surface area (Å²) in [6, 6.07) is 7.64. The first-order valence-corrected chi connectivity index (χ1v) is 7.55. The van der Waals surface area contributed by atoms with Crippen molar-refractivity contribution in [3.63, 3.8) is 0 Å². The summed E-state index contributed by atoms with van der Waals surface area (Å²) in [5, 5.41) is 11.9. The van der Waals surface area contributed by atoms with Gasteiger partial charge >= 0.3 is 5.97 Å². The van der Waals surface area contributed by atoms with E-state index in [-0.39, 0.29) is 6.61 Å². The van der Waals surface area contributed by atoms with Gasteiger partial charge in [0.05, 0.1) is 0 Å². The summed E-state index contributed by atoms with van der Waals surface area (Å²) in [5.74, 6) is -0.181. The Labute approximate surface area is 127 Å². The van der Waals surface area contributed by atoms with Crippen molar-refractivity contribution in [3.05, 3.63) is 47.0 Å². The highest BCUT2D eigenvalue weighted by Gasteiger charge is 2.04. The van der Waals surface area contributed by atoms with Crippen LogP contribution in [0.4, 0.5) is 0 Å². The standard InChI is InChI=1S/C16H17NO3S/c1-3-12(16(18)19)8-9-20-14-6-4-13(5-7-14)15-17-11(2)10-21-15/h4-8,10H,3,9H2,1-2H3,(H,18,19). The Morgan fingerprint density at radius 3 is 2.62 bits per heavy atom. The van der Waals surface area contributed by atoms with Crippen LogP contribution in [0.2, 0.25) is 0 Å². The monoisotopic (exact) mass is 303 g/mol. The van der Waals surface area contributed by atoms with E-state index >= 15 is 0 Å². The molecule has 0 saturated carbocycles. The molecular weight excluding hydrogens is 286 g/mol. The molecule has 2 rings (SSSR count). The molecule has 0 spiro atoms. The number of rotatable bonds is 6. The third kappa shape index (κ3) is 4.16. The van der Waals surface area contributed by atoms with E-state index in [1.165, 1.54) is 0 Å². The molecule has 0 unspecified atom stereocenters. The van der Waals surface area contributed by atoms with Gasteiger partial charge in [0.25, 0.3) is 0 Å². The molecule has 5 heteroatoms. The average Bonchev–Trinajstić information content (AvgIpc) is 2.90. The SMILES string of the molecule is CCC(=CCOc1ccc(-c2nc(C)cs2)cc1)C(=O)O. The number of carboxylic acid groups (broad SMARTS) is 1. The number of carboxylic acids is 1. The highest BCUT2D eigenvalue weighted by molar-refractivity contribution is 7.13. The molecule has 0 aliphatic carbocycles. The van der Waals surface area contributed by atoms with Gasteiger partial charge in [-0.2, -0.15) is 0 Å². The summed E-state index contributed by atoms with van der Waals surface area (Å²) in [7, 11) is 0. The van der Waals surface area contributed by atoms with Crippen molar-refractivity contribution >= 4 is 17.3 Å². The van der Waals surface area contributed by atoms with E-state index in [0.29, 0.717) is 17.7 Å². The van der Waals surface area contributed by atoms with E-state index in [2.05, 4.69) is 4.98 Å². The maximum Gasteiger partial charge on any atom is 0.331 e. The number of aromatic nitrogens is 1. The van der Waals surface area contributed by atoms with Crippen LogP contribution in [0.1, 0.15) is 19.0 Å². The molecule has 0 aliphatic rings. The van der Waals surface area contributed by atoms with E-state index in [1.807, 2.05) is 43.5 Å². The molecule has 4 nitrogen and oxygen atoms in total. The van der Waals surface area contributed by atoms with Gasteiger partial charge in [0.1, 0.15) is 17.4 Å². The molecule has 0 aliphatic heterocycles. The highest BCUT2D eigenvalue weighted by Crippen LogP contribution is 2.25. The van der Waals surface area contributed by atoms with Crippen LogP contribution in [0.15, 0.2) is 41.3 Å². The second-order valence-electron chi connectivity index (χ2n) is 4.52. The molecule has 2 aromatic rings. The predicted molar refractivity (Wildman–Crippen MR) is 83.8 cm³/mol. The van der Waals surface area contributed by atoms with Gasteiger partial charge in [0.15, 0.2) is 0 Å². The Kier molecular flexibility index (Phi) is 5.11. The minimum Gasteiger partial charge on any atom is -0.490 e. The predicted octanol–water partition coefficient (Wildman–Crippen LogP) is 3.92. The molecule has 0 bridgehead atoms. The van der Waals surface area contributed by atoms with Crippen LogP contribution in [0, 0.1) is 6.92 Å². The number of benzene rings is 1. The fourth-order valence-corrected chi connectivity index (χ4v) is 2.61. The van der Waals surface area contributed by atoms with Crippen LogP contribution in [0.3, 0.4) is 0 Å². The third-order valence-corrected chi connectivity index (χ3v) is 3.96. The van der Waals surface area contributed by atoms with Gasteiger partial charge in [-0.25, -0.2) is 9.78 Å². The van der Waals surface area contributed by atoms with Gasteiger partial charge in [-0.05, 0) is 43.7 Å². The normalized spacial score (nSPS) is 11.4. The van der Waals surface area contributed by atoms with Crippen molar-refractivity contribution in [2.24, 2.45) is 0 Å². The van der Waals surface area contributed by atoms with E-state index in [0.717, 1.165) is 16.3 Å². The number of aryl methyl sites for hydroxylation is 1. The van der Waals surface area contributed by atoms with Gasteiger partial charge < -0.3 is 9.84 Å². The van der Waals surface area contributed by atoms with Crippen LogP contribution in [0.25, 0.3) is 10.6 Å². The van der Waals surface area contributed by atoms with Gasteiger partial charge in [0.2, 0.25) is 0 Å². The Morgan fingerprint density at radius 2 is 2.10 bits per heavy atom. The molecule has 0 atom stereocenters. The second kappa shape index (κ2) is 7.04. The Hall–Kier alpha value is -2.14. The first-order valence-electron chi connectivity index (χ1n) is 6.68. The number of ether oxygens (including phenoxy) is 1. The Bertz CT molecular complexity index is 644. The molecule has 0 radical (unpaired) electrons. The number of aliphatic carboxylic acids is 1. The average molecular weight is 303 g/mol. The summed E-state index contributed by atoms with van der Waals surface area (Å²) >= 11 is 1.61. The van der Waals surface area contributed by atoms with Crippen LogP contribution in [0.5, 0.6) is 5.75 Å². The van der Waals surface area contributed by atoms with Gasteiger partial charge in [-0.3, -0.25) is 0 Å². The van der Waals surface area contributed by atoms with Crippen LogP contribution in [-0.4, -0.2) is 22.7 Å². The summed E-state index contributed by atoms with van der Waals surface area (Å²) in [5.41, 5.74) is 2.43. The molecule has 1 heterocycles. The van der Waals surface area contributed by atoms with E-state index < -0.39 is 5.97 Å². The summed E-state index contributed by atoms with van der Waals surface area (Å²) in [6.45, 7) is 4.04. The quantitative estimate of drug-likeness (QED) is 0.822. The Morgan fingerprint density at radius 1 is 1.38 bits per heavy atom. The van der Waals surface area contributed by atoms with Crippen molar-refractivity contribution in [1.29, 1.82) is 0 Å². The van der Waals surface area contributed by atoms with Gasteiger partial charge in [-0.1, -0.05) is 6.92 Å². The zero-order valence-electron chi connectivity index (χ0n) is 12.0. The summed E-state index contributed by atoms with van der Waals surface area (Å²) < 4.78 is 5.53. The summed E-state index contributed by atoms with van der Waals surface area (Å²) in [6.07, 6.45) is 2.08. The topological polar surface area (TPSA) is 59.4 Å². The zero-order valence-corrected chi connectivity index (χ0v) is 12.8. The van der Waals surface area contributed by atoms with Crippen molar-refractivity contribution in [2.75, 3.05) is 6.61 Å². The molecular formula is C16H17NO3S. The van der Waals surface area contributed by atoms with Crippen molar-refractivity contribution in [3.8, 4) is 16.3 Å². The smallest absolute Gasteiger partial charge is 0.331 e. The molecule has 1 aromatic carbocycles. The molecule has 0 saturated heterocycles. The van der Waals surface area contributed by atoms with Gasteiger partial charge in [0, 0.05) is 22.2 Å². The molecule has 1 N–H and O–H groups in total. The highest BCUT2D eigenvalue weighted by atomic mass is 32.1. The lowest BCUT2D eigenvalue weighted by Crippen LogP contribution is -2.02. The zero-order chi connectivity index (χ0) is 15.2. The summed E-state index contributed by atoms with van der Waals surface area (Å²) in [4.78, 5) is 15.3. The number of hydrogen-bond donors (Lipinski definition) is 1. The molecule has 21 heavy (non-hydrogen) atoms. The lowest BCUT2D eigenvalue weighted by Gasteiger charge is -2.05. The number of carbonyl (C=O) groups is 1. The Balaban J connectivity index is 1.98. The molecule has 1 aromatic heterocycles. The maximum absolute atomic E-state index is 10.8. The number of nitrogens with zero attached hydrogens (tertiary/aromatic N) is 1. The minimum atomic E-state index is -0.893. The van der Waals surface area contributed by atoms with E-state index in [9.17, 15) is 4.79 Å². The van der Waals surface area contributed by atoms with Crippen LogP contribution >= 0.6 is 11.3 Å².